The minimum atomic E-state index is 0.244. The Hall–Kier alpha value is -3.46. The number of aryl methyl sites for hydroxylation is 1. The van der Waals surface area contributed by atoms with Gasteiger partial charge in [0.2, 0.25) is 6.79 Å². The van der Waals surface area contributed by atoms with E-state index in [9.17, 15) is 0 Å². The summed E-state index contributed by atoms with van der Waals surface area (Å²) in [7, 11) is 0. The van der Waals surface area contributed by atoms with Gasteiger partial charge in [-0.25, -0.2) is 4.68 Å². The van der Waals surface area contributed by atoms with Gasteiger partial charge in [0.05, 0.1) is 23.0 Å². The number of benzene rings is 2. The summed E-state index contributed by atoms with van der Waals surface area (Å²) in [5.41, 5.74) is 4.49. The van der Waals surface area contributed by atoms with E-state index >= 15 is 0 Å². The average Bonchev–Trinajstić information content (AvgIpc) is 3.24. The number of hydrogen-bond acceptors (Lipinski definition) is 5. The lowest BCUT2D eigenvalue weighted by atomic mass is 10.2. The molecule has 0 fully saturated rings. The third-order valence-electron chi connectivity index (χ3n) is 4.41. The summed E-state index contributed by atoms with van der Waals surface area (Å²) in [6.07, 6.45) is 0. The van der Waals surface area contributed by atoms with Crippen molar-refractivity contribution in [2.45, 2.75) is 20.5 Å². The zero-order valence-electron chi connectivity index (χ0n) is 14.5. The van der Waals surface area contributed by atoms with Gasteiger partial charge in [0.1, 0.15) is 12.4 Å². The van der Waals surface area contributed by atoms with Crippen LogP contribution in [0.5, 0.6) is 17.2 Å². The summed E-state index contributed by atoms with van der Waals surface area (Å²) < 4.78 is 18.5. The Morgan fingerprint density at radius 3 is 2.65 bits per heavy atom. The molecule has 2 heterocycles. The molecule has 0 saturated heterocycles. The van der Waals surface area contributed by atoms with Gasteiger partial charge in [-0.2, -0.15) is 10.4 Å². The van der Waals surface area contributed by atoms with Gasteiger partial charge in [0.15, 0.2) is 11.5 Å². The van der Waals surface area contributed by atoms with Crippen LogP contribution in [0, 0.1) is 25.2 Å². The first-order valence-corrected chi connectivity index (χ1v) is 8.24. The van der Waals surface area contributed by atoms with Gasteiger partial charge in [-0.3, -0.25) is 0 Å². The van der Waals surface area contributed by atoms with Crippen LogP contribution in [0.4, 0.5) is 0 Å². The molecule has 6 heteroatoms. The molecule has 26 heavy (non-hydrogen) atoms. The predicted octanol–water partition coefficient (Wildman–Crippen LogP) is 3.67. The summed E-state index contributed by atoms with van der Waals surface area (Å²) >= 11 is 0. The van der Waals surface area contributed by atoms with E-state index in [0.717, 1.165) is 34.1 Å². The molecule has 1 aliphatic rings. The standard InChI is InChI=1S/C20H17N3O3/c1-13-18(11-24-17-7-8-19-20(9-17)26-12-25-19)14(2)23(22-13)16-5-3-15(10-21)4-6-16/h3-9H,11-12H2,1-2H3. The Morgan fingerprint density at radius 1 is 1.12 bits per heavy atom. The molecular formula is C20H17N3O3. The van der Waals surface area contributed by atoms with E-state index in [2.05, 4.69) is 11.2 Å². The summed E-state index contributed by atoms with van der Waals surface area (Å²) in [5.74, 6) is 2.15. The smallest absolute Gasteiger partial charge is 0.231 e. The van der Waals surface area contributed by atoms with Gasteiger partial charge in [-0.1, -0.05) is 0 Å². The molecule has 0 radical (unpaired) electrons. The highest BCUT2D eigenvalue weighted by molar-refractivity contribution is 5.47. The molecule has 1 aromatic heterocycles. The Balaban J connectivity index is 1.55. The first kappa shape index (κ1) is 16.0. The maximum atomic E-state index is 8.93. The first-order chi connectivity index (χ1) is 12.7. The van der Waals surface area contributed by atoms with Crippen molar-refractivity contribution in [1.82, 2.24) is 9.78 Å². The molecule has 0 atom stereocenters. The average molecular weight is 347 g/mol. The fourth-order valence-electron chi connectivity index (χ4n) is 2.93. The van der Waals surface area contributed by atoms with Crippen LogP contribution in [0.2, 0.25) is 0 Å². The second-order valence-electron chi connectivity index (χ2n) is 6.02. The Bertz CT molecular complexity index is 1000. The van der Waals surface area contributed by atoms with Crippen LogP contribution in [0.25, 0.3) is 5.69 Å². The monoisotopic (exact) mass is 347 g/mol. The van der Waals surface area contributed by atoms with E-state index in [-0.39, 0.29) is 6.79 Å². The molecule has 3 aromatic rings. The summed E-state index contributed by atoms with van der Waals surface area (Å²) in [4.78, 5) is 0. The molecule has 0 N–H and O–H groups in total. The SMILES string of the molecule is Cc1nn(-c2ccc(C#N)cc2)c(C)c1COc1ccc2c(c1)OCO2. The molecule has 1 aliphatic heterocycles. The Kier molecular flexibility index (Phi) is 3.98. The zero-order chi connectivity index (χ0) is 18.1. The molecular weight excluding hydrogens is 330 g/mol. The Morgan fingerprint density at radius 2 is 1.88 bits per heavy atom. The van der Waals surface area contributed by atoms with Crippen molar-refractivity contribution in [3.8, 4) is 29.0 Å². The normalized spacial score (nSPS) is 12.0. The lowest BCUT2D eigenvalue weighted by Gasteiger charge is -2.08. The van der Waals surface area contributed by atoms with E-state index in [4.69, 9.17) is 19.5 Å². The van der Waals surface area contributed by atoms with E-state index < -0.39 is 0 Å². The summed E-state index contributed by atoms with van der Waals surface area (Å²) in [6.45, 7) is 4.63. The fraction of sp³-hybridized carbons (Fsp3) is 0.200. The lowest BCUT2D eigenvalue weighted by molar-refractivity contribution is 0.173. The van der Waals surface area contributed by atoms with Gasteiger partial charge < -0.3 is 14.2 Å². The van der Waals surface area contributed by atoms with Gasteiger partial charge in [0, 0.05) is 17.3 Å². The highest BCUT2D eigenvalue weighted by atomic mass is 16.7. The number of nitrogens with zero attached hydrogens (tertiary/aromatic N) is 3. The van der Waals surface area contributed by atoms with Crippen LogP contribution in [-0.4, -0.2) is 16.6 Å². The number of hydrogen-bond donors (Lipinski definition) is 0. The van der Waals surface area contributed by atoms with Crippen molar-refractivity contribution in [2.24, 2.45) is 0 Å². The molecule has 2 aromatic carbocycles. The van der Waals surface area contributed by atoms with Gasteiger partial charge in [-0.15, -0.1) is 0 Å². The molecule has 6 nitrogen and oxygen atoms in total. The third kappa shape index (κ3) is 2.84. The summed E-state index contributed by atoms with van der Waals surface area (Å²) in [5, 5.41) is 13.5. The third-order valence-corrected chi connectivity index (χ3v) is 4.41. The van der Waals surface area contributed by atoms with Crippen LogP contribution >= 0.6 is 0 Å². The number of aromatic nitrogens is 2. The van der Waals surface area contributed by atoms with Crippen molar-refractivity contribution in [3.05, 3.63) is 65.0 Å². The minimum absolute atomic E-state index is 0.244. The lowest BCUT2D eigenvalue weighted by Crippen LogP contribution is -2.01. The second kappa shape index (κ2) is 6.45. The van der Waals surface area contributed by atoms with Crippen LogP contribution in [0.1, 0.15) is 22.5 Å². The maximum Gasteiger partial charge on any atom is 0.231 e. The van der Waals surface area contributed by atoms with E-state index in [0.29, 0.717) is 17.9 Å². The second-order valence-corrected chi connectivity index (χ2v) is 6.02. The molecule has 0 amide bonds. The first-order valence-electron chi connectivity index (χ1n) is 8.24. The largest absolute Gasteiger partial charge is 0.489 e. The topological polar surface area (TPSA) is 69.3 Å². The van der Waals surface area contributed by atoms with E-state index in [1.165, 1.54) is 0 Å². The predicted molar refractivity (Wildman–Crippen MR) is 94.7 cm³/mol. The van der Waals surface area contributed by atoms with Gasteiger partial charge in [0.25, 0.3) is 0 Å². The highest BCUT2D eigenvalue weighted by Crippen LogP contribution is 2.35. The van der Waals surface area contributed by atoms with Gasteiger partial charge in [-0.05, 0) is 50.2 Å². The van der Waals surface area contributed by atoms with E-state index in [1.54, 1.807) is 12.1 Å². The number of nitriles is 1. The molecule has 0 unspecified atom stereocenters. The van der Waals surface area contributed by atoms with Crippen molar-refractivity contribution in [2.75, 3.05) is 6.79 Å². The molecule has 0 bridgehead atoms. The fourth-order valence-corrected chi connectivity index (χ4v) is 2.93. The number of fused-ring (bicyclic) bond motifs is 1. The minimum Gasteiger partial charge on any atom is -0.489 e. The number of ether oxygens (including phenoxy) is 3. The molecule has 130 valence electrons. The van der Waals surface area contributed by atoms with Crippen molar-refractivity contribution in [3.63, 3.8) is 0 Å². The maximum absolute atomic E-state index is 8.93. The van der Waals surface area contributed by atoms with Crippen molar-refractivity contribution < 1.29 is 14.2 Å². The molecule has 0 aliphatic carbocycles. The van der Waals surface area contributed by atoms with Crippen molar-refractivity contribution >= 4 is 0 Å². The Labute approximate surface area is 151 Å². The van der Waals surface area contributed by atoms with Gasteiger partial charge >= 0.3 is 0 Å². The molecule has 0 spiro atoms. The molecule has 4 rings (SSSR count). The van der Waals surface area contributed by atoms with Crippen LogP contribution in [0.15, 0.2) is 42.5 Å². The zero-order valence-corrected chi connectivity index (χ0v) is 14.5. The summed E-state index contributed by atoms with van der Waals surface area (Å²) in [6, 6.07) is 15.0. The quantitative estimate of drug-likeness (QED) is 0.720. The number of rotatable bonds is 4. The van der Waals surface area contributed by atoms with E-state index in [1.807, 2.05) is 48.9 Å². The molecule has 0 saturated carbocycles. The van der Waals surface area contributed by atoms with Crippen molar-refractivity contribution in [1.29, 1.82) is 5.26 Å². The van der Waals surface area contributed by atoms with Crippen LogP contribution in [-0.2, 0) is 6.61 Å². The van der Waals surface area contributed by atoms with Crippen LogP contribution in [0.3, 0.4) is 0 Å². The highest BCUT2D eigenvalue weighted by Gasteiger charge is 2.16. The van der Waals surface area contributed by atoms with Crippen LogP contribution < -0.4 is 14.2 Å².